The first-order chi connectivity index (χ1) is 15.8. The van der Waals surface area contributed by atoms with E-state index in [0.717, 1.165) is 21.9 Å². The van der Waals surface area contributed by atoms with Gasteiger partial charge in [0, 0.05) is 22.9 Å². The molecular formula is C30H21O2+. The van der Waals surface area contributed by atoms with Gasteiger partial charge in [0.05, 0.1) is 23.3 Å². The number of aromatic hydroxyl groups is 1. The highest BCUT2D eigenvalue weighted by Gasteiger charge is 2.60. The summed E-state index contributed by atoms with van der Waals surface area (Å²) in [5.74, 6) is 1.19. The van der Waals surface area contributed by atoms with E-state index in [1.165, 1.54) is 5.92 Å². The third-order valence-electron chi connectivity index (χ3n) is 6.61. The zero-order valence-electron chi connectivity index (χ0n) is 17.4. The predicted molar refractivity (Wildman–Crippen MR) is 130 cm³/mol. The Labute approximate surface area is 186 Å². The molecule has 2 heteroatoms. The molecule has 1 fully saturated rings. The van der Waals surface area contributed by atoms with Crippen molar-refractivity contribution < 1.29 is 5.11 Å². The summed E-state index contributed by atoms with van der Waals surface area (Å²) < 4.78 is 0. The summed E-state index contributed by atoms with van der Waals surface area (Å²) in [7, 11) is 0. The zero-order chi connectivity index (χ0) is 21.7. The Morgan fingerprint density at radius 1 is 0.562 bits per heavy atom. The van der Waals surface area contributed by atoms with E-state index >= 15 is 0 Å². The fourth-order valence-corrected chi connectivity index (χ4v) is 5.13. The van der Waals surface area contributed by atoms with Gasteiger partial charge in [-0.2, -0.15) is 0 Å². The van der Waals surface area contributed by atoms with Crippen LogP contribution in [0.1, 0.15) is 28.5 Å². The molecule has 0 aliphatic heterocycles. The van der Waals surface area contributed by atoms with Crippen LogP contribution in [0.4, 0.5) is 0 Å². The van der Waals surface area contributed by atoms with E-state index in [0.29, 0.717) is 16.3 Å². The number of benzene rings is 4. The Hall–Kier alpha value is -4.04. The van der Waals surface area contributed by atoms with Crippen LogP contribution in [0.15, 0.2) is 114 Å². The summed E-state index contributed by atoms with van der Waals surface area (Å²) in [6, 6.07) is 35.9. The van der Waals surface area contributed by atoms with E-state index in [-0.39, 0.29) is 23.0 Å². The zero-order valence-corrected chi connectivity index (χ0v) is 17.4. The molecule has 0 saturated heterocycles. The van der Waals surface area contributed by atoms with Crippen molar-refractivity contribution in [1.29, 1.82) is 0 Å². The largest absolute Gasteiger partial charge is 0.507 e. The standard InChI is InChI=1S/C30H20O2/c31-29-23-17-9-7-15-21(23)22-16-8-10-18-24(22)30(32)28(29)27-25(19-11-3-1-4-12-19)26(27)20-13-5-2-6-14-20/h1-18,25,27H/p+1. The van der Waals surface area contributed by atoms with Gasteiger partial charge >= 0.3 is 0 Å². The second-order valence-corrected chi connectivity index (χ2v) is 8.37. The molecule has 5 aromatic rings. The molecule has 152 valence electrons. The Morgan fingerprint density at radius 3 is 1.72 bits per heavy atom. The molecule has 1 saturated carbocycles. The third-order valence-corrected chi connectivity index (χ3v) is 6.61. The van der Waals surface area contributed by atoms with Crippen LogP contribution in [0.5, 0.6) is 5.75 Å². The molecule has 5 aromatic carbocycles. The van der Waals surface area contributed by atoms with Gasteiger partial charge in [-0.15, -0.1) is 0 Å². The number of hydrogen-bond acceptors (Lipinski definition) is 2. The molecule has 2 atom stereocenters. The van der Waals surface area contributed by atoms with Crippen LogP contribution in [-0.2, 0) is 0 Å². The lowest BCUT2D eigenvalue weighted by Gasteiger charge is -2.01. The minimum absolute atomic E-state index is 0.0668. The predicted octanol–water partition coefficient (Wildman–Crippen LogP) is 6.56. The van der Waals surface area contributed by atoms with E-state index in [9.17, 15) is 9.90 Å². The first-order valence-corrected chi connectivity index (χ1v) is 10.9. The van der Waals surface area contributed by atoms with Crippen LogP contribution in [0.2, 0.25) is 0 Å². The molecule has 2 nitrogen and oxygen atoms in total. The SMILES string of the molecule is O=c1c(C2[C+](c3ccccc3)C2c2ccccc2)c(O)c2ccccc2c2ccccc12. The second kappa shape index (κ2) is 7.28. The average Bonchev–Trinajstić information content (AvgIpc) is 3.61. The van der Waals surface area contributed by atoms with Gasteiger partial charge in [-0.1, -0.05) is 78.9 Å². The third kappa shape index (κ3) is 2.80. The highest BCUT2D eigenvalue weighted by Crippen LogP contribution is 2.66. The molecule has 0 spiro atoms. The van der Waals surface area contributed by atoms with Gasteiger partial charge in [0.25, 0.3) is 0 Å². The molecule has 1 N–H and O–H groups in total. The molecule has 1 aliphatic carbocycles. The van der Waals surface area contributed by atoms with Gasteiger partial charge in [-0.05, 0) is 34.5 Å². The van der Waals surface area contributed by atoms with Gasteiger partial charge in [-0.25, -0.2) is 0 Å². The fraction of sp³-hybridized carbons (Fsp3) is 0.0667. The van der Waals surface area contributed by atoms with Crippen molar-refractivity contribution in [3.05, 3.63) is 142 Å². The van der Waals surface area contributed by atoms with E-state index < -0.39 is 0 Å². The topological polar surface area (TPSA) is 37.3 Å². The van der Waals surface area contributed by atoms with Crippen LogP contribution in [-0.4, -0.2) is 5.11 Å². The van der Waals surface area contributed by atoms with Crippen LogP contribution < -0.4 is 5.43 Å². The smallest absolute Gasteiger partial charge is 0.195 e. The first kappa shape index (κ1) is 18.7. The summed E-state index contributed by atoms with van der Waals surface area (Å²) in [5.41, 5.74) is 2.68. The van der Waals surface area contributed by atoms with Crippen molar-refractivity contribution in [2.75, 3.05) is 0 Å². The van der Waals surface area contributed by atoms with Crippen LogP contribution in [0.25, 0.3) is 21.5 Å². The van der Waals surface area contributed by atoms with Gasteiger partial charge < -0.3 is 5.11 Å². The van der Waals surface area contributed by atoms with Crippen molar-refractivity contribution in [2.45, 2.75) is 11.8 Å². The van der Waals surface area contributed by atoms with Crippen molar-refractivity contribution in [3.63, 3.8) is 0 Å². The van der Waals surface area contributed by atoms with Crippen LogP contribution in [0, 0.1) is 5.92 Å². The van der Waals surface area contributed by atoms with Crippen molar-refractivity contribution in [2.24, 2.45) is 0 Å². The molecule has 1 aliphatic rings. The highest BCUT2D eigenvalue weighted by molar-refractivity contribution is 6.08. The van der Waals surface area contributed by atoms with Gasteiger partial charge in [0.2, 0.25) is 0 Å². The molecule has 32 heavy (non-hydrogen) atoms. The monoisotopic (exact) mass is 413 g/mol. The van der Waals surface area contributed by atoms with Gasteiger partial charge in [0.15, 0.2) is 5.43 Å². The van der Waals surface area contributed by atoms with E-state index in [1.807, 2.05) is 84.9 Å². The fourth-order valence-electron chi connectivity index (χ4n) is 5.13. The molecule has 0 heterocycles. The molecule has 6 rings (SSSR count). The van der Waals surface area contributed by atoms with E-state index in [2.05, 4.69) is 24.3 Å². The minimum atomic E-state index is -0.161. The summed E-state index contributed by atoms with van der Waals surface area (Å²) in [5, 5.41) is 14.6. The Morgan fingerprint density at radius 2 is 1.06 bits per heavy atom. The normalized spacial score (nSPS) is 17.6. The van der Waals surface area contributed by atoms with E-state index in [1.54, 1.807) is 0 Å². The van der Waals surface area contributed by atoms with Gasteiger partial charge in [-0.3, -0.25) is 4.79 Å². The van der Waals surface area contributed by atoms with Crippen molar-refractivity contribution in [3.8, 4) is 5.75 Å². The lowest BCUT2D eigenvalue weighted by molar-refractivity contribution is 0.474. The Balaban J connectivity index is 1.67. The molecular weight excluding hydrogens is 392 g/mol. The quantitative estimate of drug-likeness (QED) is 0.340. The lowest BCUT2D eigenvalue weighted by Crippen LogP contribution is -2.06. The first-order valence-electron chi connectivity index (χ1n) is 10.9. The summed E-state index contributed by atoms with van der Waals surface area (Å²) in [6.45, 7) is 0. The Bertz CT molecular complexity index is 1460. The lowest BCUT2D eigenvalue weighted by atomic mass is 10.0. The molecule has 0 aromatic heterocycles. The van der Waals surface area contributed by atoms with Crippen LogP contribution in [0.3, 0.4) is 0 Å². The highest BCUT2D eigenvalue weighted by atomic mass is 16.3. The van der Waals surface area contributed by atoms with Crippen LogP contribution >= 0.6 is 0 Å². The summed E-state index contributed by atoms with van der Waals surface area (Å²) in [4.78, 5) is 13.9. The Kier molecular flexibility index (Phi) is 4.26. The number of hydrogen-bond donors (Lipinski definition) is 1. The van der Waals surface area contributed by atoms with Crippen molar-refractivity contribution in [1.82, 2.24) is 0 Å². The van der Waals surface area contributed by atoms with E-state index in [4.69, 9.17) is 0 Å². The molecule has 0 radical (unpaired) electrons. The number of fused-ring (bicyclic) bond motifs is 3. The molecule has 2 unspecified atom stereocenters. The van der Waals surface area contributed by atoms with Crippen molar-refractivity contribution >= 4 is 21.5 Å². The number of rotatable bonds is 3. The van der Waals surface area contributed by atoms with Gasteiger partial charge in [0.1, 0.15) is 11.3 Å². The summed E-state index contributed by atoms with van der Waals surface area (Å²) in [6.07, 6.45) is 0. The molecule has 0 bridgehead atoms. The minimum Gasteiger partial charge on any atom is -0.507 e. The second-order valence-electron chi connectivity index (χ2n) is 8.37. The average molecular weight is 413 g/mol. The summed E-state index contributed by atoms with van der Waals surface area (Å²) >= 11 is 0. The maximum absolute atomic E-state index is 13.9. The maximum atomic E-state index is 13.9. The maximum Gasteiger partial charge on any atom is 0.195 e. The molecule has 0 amide bonds.